The number of aromatic nitrogens is 4. The third-order valence-electron chi connectivity index (χ3n) is 4.47. The molecule has 0 atom stereocenters. The highest BCUT2D eigenvalue weighted by Crippen LogP contribution is 2.33. The van der Waals surface area contributed by atoms with Gasteiger partial charge in [0.15, 0.2) is 0 Å². The molecule has 1 aromatic carbocycles. The summed E-state index contributed by atoms with van der Waals surface area (Å²) in [6.07, 6.45) is -0.430. The molecule has 0 radical (unpaired) electrons. The summed E-state index contributed by atoms with van der Waals surface area (Å²) in [4.78, 5) is 20.3. The first-order chi connectivity index (χ1) is 14.8. The zero-order valence-electron chi connectivity index (χ0n) is 16.3. The van der Waals surface area contributed by atoms with Crippen LogP contribution in [0.1, 0.15) is 21.6 Å². The van der Waals surface area contributed by atoms with Crippen molar-refractivity contribution in [2.24, 2.45) is 0 Å². The second kappa shape index (κ2) is 8.02. The van der Waals surface area contributed by atoms with Gasteiger partial charge >= 0.3 is 6.18 Å². The van der Waals surface area contributed by atoms with Crippen LogP contribution < -0.4 is 5.32 Å². The van der Waals surface area contributed by atoms with Crippen LogP contribution in [0.5, 0.6) is 0 Å². The number of halogens is 3. The second-order valence-electron chi connectivity index (χ2n) is 6.79. The van der Waals surface area contributed by atoms with E-state index in [1.54, 1.807) is 30.3 Å². The number of carbonyl (C=O) groups is 1. The van der Waals surface area contributed by atoms with Crippen LogP contribution >= 0.6 is 0 Å². The molecule has 0 fully saturated rings. The smallest absolute Gasteiger partial charge is 0.307 e. The lowest BCUT2D eigenvalue weighted by Gasteiger charge is -2.10. The molecule has 1 amide bonds. The van der Waals surface area contributed by atoms with E-state index in [2.05, 4.69) is 20.4 Å². The van der Waals surface area contributed by atoms with E-state index in [0.717, 1.165) is 16.3 Å². The molecule has 0 unspecified atom stereocenters. The summed E-state index contributed by atoms with van der Waals surface area (Å²) in [6, 6.07) is 14.1. The van der Waals surface area contributed by atoms with Crippen molar-refractivity contribution in [3.63, 3.8) is 0 Å². The van der Waals surface area contributed by atoms with Gasteiger partial charge in [-0.25, -0.2) is 9.67 Å². The van der Waals surface area contributed by atoms with Crippen molar-refractivity contribution in [1.82, 2.24) is 19.7 Å². The second-order valence-corrected chi connectivity index (χ2v) is 6.79. The van der Waals surface area contributed by atoms with Gasteiger partial charge in [0.05, 0.1) is 17.6 Å². The number of rotatable bonds is 4. The van der Waals surface area contributed by atoms with E-state index in [1.165, 1.54) is 30.7 Å². The average Bonchev–Trinajstić information content (AvgIpc) is 3.21. The number of nitrogens with zero attached hydrogens (tertiary/aromatic N) is 4. The highest BCUT2D eigenvalue weighted by atomic mass is 19.4. The number of anilines is 1. The molecular formula is C22H16F3N5O. The molecule has 3 heterocycles. The molecule has 4 aromatic rings. The highest BCUT2D eigenvalue weighted by Gasteiger charge is 2.36. The topological polar surface area (TPSA) is 72.7 Å². The Morgan fingerprint density at radius 1 is 1.03 bits per heavy atom. The number of hydrogen-bond acceptors (Lipinski definition) is 4. The van der Waals surface area contributed by atoms with Crippen LogP contribution in [0.25, 0.3) is 16.9 Å². The molecule has 3 aromatic heterocycles. The molecule has 0 aliphatic carbocycles. The minimum absolute atomic E-state index is 0.107. The maximum absolute atomic E-state index is 13.6. The zero-order chi connectivity index (χ0) is 22.0. The van der Waals surface area contributed by atoms with Gasteiger partial charge in [-0.15, -0.1) is 0 Å². The van der Waals surface area contributed by atoms with Gasteiger partial charge in [-0.3, -0.25) is 9.78 Å². The van der Waals surface area contributed by atoms with Crippen LogP contribution in [0.4, 0.5) is 19.0 Å². The van der Waals surface area contributed by atoms with Gasteiger partial charge in [-0.2, -0.15) is 18.3 Å². The first kappa shape index (κ1) is 20.3. The molecule has 0 saturated carbocycles. The van der Waals surface area contributed by atoms with Gasteiger partial charge < -0.3 is 5.32 Å². The maximum Gasteiger partial charge on any atom is 0.433 e. The molecule has 0 saturated heterocycles. The standard InChI is InChI=1S/C22H16F3N5O/c1-14-4-2-5-15(10-14)21(31)28-20-8-7-17(13-27-20)30-19(22(23,24)25)11-18(29-30)16-6-3-9-26-12-16/h2-13H,1H3,(H,27,28,31). The van der Waals surface area contributed by atoms with Crippen molar-refractivity contribution in [3.05, 3.63) is 90.0 Å². The van der Waals surface area contributed by atoms with E-state index in [0.29, 0.717) is 11.1 Å². The third-order valence-corrected chi connectivity index (χ3v) is 4.47. The Bertz CT molecular complexity index is 1220. The number of nitrogens with one attached hydrogen (secondary N) is 1. The van der Waals surface area contributed by atoms with Crippen molar-refractivity contribution in [1.29, 1.82) is 0 Å². The van der Waals surface area contributed by atoms with Gasteiger partial charge in [0.25, 0.3) is 5.91 Å². The summed E-state index contributed by atoms with van der Waals surface area (Å²) >= 11 is 0. The number of alkyl halides is 3. The van der Waals surface area contributed by atoms with Crippen molar-refractivity contribution in [3.8, 4) is 16.9 Å². The number of aryl methyl sites for hydroxylation is 1. The van der Waals surface area contributed by atoms with Crippen molar-refractivity contribution >= 4 is 11.7 Å². The Kier molecular flexibility index (Phi) is 5.24. The van der Waals surface area contributed by atoms with Gasteiger partial charge in [0.1, 0.15) is 11.5 Å². The average molecular weight is 423 g/mol. The van der Waals surface area contributed by atoms with E-state index >= 15 is 0 Å². The molecule has 4 rings (SSSR count). The summed E-state index contributed by atoms with van der Waals surface area (Å²) in [5.74, 6) is -0.152. The first-order valence-corrected chi connectivity index (χ1v) is 9.23. The van der Waals surface area contributed by atoms with E-state index in [9.17, 15) is 18.0 Å². The van der Waals surface area contributed by atoms with Gasteiger partial charge in [0, 0.05) is 23.5 Å². The Morgan fingerprint density at radius 2 is 1.87 bits per heavy atom. The Balaban J connectivity index is 1.63. The molecule has 1 N–H and O–H groups in total. The van der Waals surface area contributed by atoms with E-state index in [4.69, 9.17) is 0 Å². The lowest BCUT2D eigenvalue weighted by molar-refractivity contribution is -0.142. The van der Waals surface area contributed by atoms with Crippen molar-refractivity contribution in [2.45, 2.75) is 13.1 Å². The normalized spacial score (nSPS) is 11.4. The number of hydrogen-bond donors (Lipinski definition) is 1. The summed E-state index contributed by atoms with van der Waals surface area (Å²) in [5, 5.41) is 6.72. The first-order valence-electron chi connectivity index (χ1n) is 9.23. The molecule has 0 spiro atoms. The fourth-order valence-electron chi connectivity index (χ4n) is 3.00. The quantitative estimate of drug-likeness (QED) is 0.506. The Labute approximate surface area is 175 Å². The third kappa shape index (κ3) is 4.45. The fourth-order valence-corrected chi connectivity index (χ4v) is 3.00. The highest BCUT2D eigenvalue weighted by molar-refractivity contribution is 6.03. The molecule has 31 heavy (non-hydrogen) atoms. The lowest BCUT2D eigenvalue weighted by atomic mass is 10.1. The monoisotopic (exact) mass is 423 g/mol. The molecular weight excluding hydrogens is 407 g/mol. The Morgan fingerprint density at radius 3 is 2.52 bits per heavy atom. The molecule has 0 aliphatic rings. The summed E-state index contributed by atoms with van der Waals surface area (Å²) in [6.45, 7) is 1.87. The van der Waals surface area contributed by atoms with E-state index in [1.807, 2.05) is 13.0 Å². The molecule has 6 nitrogen and oxygen atoms in total. The van der Waals surface area contributed by atoms with Crippen LogP contribution in [-0.4, -0.2) is 25.7 Å². The van der Waals surface area contributed by atoms with Crippen LogP contribution in [0.2, 0.25) is 0 Å². The SMILES string of the molecule is Cc1cccc(C(=O)Nc2ccc(-n3nc(-c4cccnc4)cc3C(F)(F)F)cn2)c1. The maximum atomic E-state index is 13.6. The van der Waals surface area contributed by atoms with E-state index < -0.39 is 11.9 Å². The van der Waals surface area contributed by atoms with Crippen LogP contribution in [0.3, 0.4) is 0 Å². The summed E-state index contributed by atoms with van der Waals surface area (Å²) in [5.41, 5.74) is 1.15. The van der Waals surface area contributed by atoms with Gasteiger partial charge in [0.2, 0.25) is 0 Å². The largest absolute Gasteiger partial charge is 0.433 e. The van der Waals surface area contributed by atoms with Crippen LogP contribution in [-0.2, 0) is 6.18 Å². The predicted molar refractivity (Wildman–Crippen MR) is 109 cm³/mol. The van der Waals surface area contributed by atoms with Crippen LogP contribution in [0, 0.1) is 6.92 Å². The van der Waals surface area contributed by atoms with Crippen molar-refractivity contribution in [2.75, 3.05) is 5.32 Å². The molecule has 9 heteroatoms. The molecule has 0 bridgehead atoms. The predicted octanol–water partition coefficient (Wildman–Crippen LogP) is 4.91. The fraction of sp³-hybridized carbons (Fsp3) is 0.0909. The number of carbonyl (C=O) groups excluding carboxylic acids is 1. The van der Waals surface area contributed by atoms with E-state index in [-0.39, 0.29) is 23.1 Å². The molecule has 0 aliphatic heterocycles. The van der Waals surface area contributed by atoms with Crippen LogP contribution in [0.15, 0.2) is 73.2 Å². The summed E-state index contributed by atoms with van der Waals surface area (Å²) in [7, 11) is 0. The lowest BCUT2D eigenvalue weighted by Crippen LogP contribution is -2.15. The number of pyridine rings is 2. The Hall–Kier alpha value is -4.01. The summed E-state index contributed by atoms with van der Waals surface area (Å²) < 4.78 is 41.5. The minimum Gasteiger partial charge on any atom is -0.307 e. The van der Waals surface area contributed by atoms with Gasteiger partial charge in [-0.05, 0) is 49.4 Å². The minimum atomic E-state index is -4.62. The number of benzene rings is 1. The molecule has 156 valence electrons. The van der Waals surface area contributed by atoms with Crippen molar-refractivity contribution < 1.29 is 18.0 Å². The number of amides is 1. The zero-order valence-corrected chi connectivity index (χ0v) is 16.3. The van der Waals surface area contributed by atoms with Gasteiger partial charge in [-0.1, -0.05) is 17.7 Å².